The van der Waals surface area contributed by atoms with Crippen LogP contribution in [0.3, 0.4) is 0 Å². The molecule has 0 bridgehead atoms. The third-order valence-electron chi connectivity index (χ3n) is 4.54. The summed E-state index contributed by atoms with van der Waals surface area (Å²) in [7, 11) is 1.79. The maximum atomic E-state index is 5.31. The van der Waals surface area contributed by atoms with Crippen LogP contribution in [0.25, 0.3) is 0 Å². The summed E-state index contributed by atoms with van der Waals surface area (Å²) in [4.78, 5) is 8.30. The van der Waals surface area contributed by atoms with Crippen LogP contribution in [0.5, 0.6) is 0 Å². The number of aryl methyl sites for hydroxylation is 1. The van der Waals surface area contributed by atoms with Gasteiger partial charge in [0.2, 0.25) is 0 Å². The zero-order valence-electron chi connectivity index (χ0n) is 15.4. The first kappa shape index (κ1) is 21.2. The largest absolute Gasteiger partial charge is 0.359 e. The van der Waals surface area contributed by atoms with Crippen LogP contribution >= 0.6 is 35.3 Å². The molecule has 0 amide bonds. The number of aliphatic imine (C=N–C) groups is 1. The van der Waals surface area contributed by atoms with Crippen LogP contribution in [0, 0.1) is 0 Å². The van der Waals surface area contributed by atoms with Crippen molar-refractivity contribution in [3.63, 3.8) is 0 Å². The van der Waals surface area contributed by atoms with Gasteiger partial charge < -0.3 is 15.2 Å². The van der Waals surface area contributed by atoms with Crippen molar-refractivity contribution >= 4 is 41.3 Å². The van der Waals surface area contributed by atoms with E-state index in [4.69, 9.17) is 4.52 Å². The van der Waals surface area contributed by atoms with Crippen LogP contribution in [0.15, 0.2) is 33.1 Å². The molecule has 0 radical (unpaired) electrons. The van der Waals surface area contributed by atoms with Crippen LogP contribution < -0.4 is 10.6 Å². The van der Waals surface area contributed by atoms with Crippen molar-refractivity contribution in [1.29, 1.82) is 0 Å². The van der Waals surface area contributed by atoms with Gasteiger partial charge in [0.15, 0.2) is 11.7 Å². The molecule has 2 aromatic heterocycles. The second-order valence-corrected chi connectivity index (χ2v) is 7.20. The first-order valence-electron chi connectivity index (χ1n) is 8.96. The number of nitrogens with one attached hydrogen (secondary N) is 2. The van der Waals surface area contributed by atoms with Gasteiger partial charge in [0.05, 0.1) is 18.3 Å². The van der Waals surface area contributed by atoms with E-state index in [1.54, 1.807) is 7.05 Å². The number of hydrogen-bond donors (Lipinski definition) is 2. The molecule has 0 aliphatic carbocycles. The van der Waals surface area contributed by atoms with E-state index in [-0.39, 0.29) is 24.0 Å². The third kappa shape index (κ3) is 5.68. The average molecular weight is 489 g/mol. The van der Waals surface area contributed by atoms with Gasteiger partial charge in [0.25, 0.3) is 0 Å². The maximum absolute atomic E-state index is 5.31. The lowest BCUT2D eigenvalue weighted by Gasteiger charge is -2.27. The van der Waals surface area contributed by atoms with Gasteiger partial charge in [-0.25, -0.2) is 0 Å². The molecule has 1 unspecified atom stereocenters. The summed E-state index contributed by atoms with van der Waals surface area (Å²) in [5, 5.41) is 12.9. The molecule has 0 saturated carbocycles. The number of thiophene rings is 1. The summed E-state index contributed by atoms with van der Waals surface area (Å²) >= 11 is 1.83. The summed E-state index contributed by atoms with van der Waals surface area (Å²) in [6.07, 6.45) is 3.47. The van der Waals surface area contributed by atoms with Crippen LogP contribution in [0.4, 0.5) is 0 Å². The van der Waals surface area contributed by atoms with E-state index in [0.717, 1.165) is 30.4 Å². The van der Waals surface area contributed by atoms with E-state index >= 15 is 0 Å². The van der Waals surface area contributed by atoms with E-state index in [1.165, 1.54) is 30.8 Å². The number of rotatable bonds is 7. The van der Waals surface area contributed by atoms with E-state index in [9.17, 15) is 0 Å². The molecular formula is C18H28IN5OS. The number of halogens is 1. The second-order valence-electron chi connectivity index (χ2n) is 6.22. The summed E-state index contributed by atoms with van der Waals surface area (Å²) in [5.41, 5.74) is 0.978. The molecule has 2 N–H and O–H groups in total. The summed E-state index contributed by atoms with van der Waals surface area (Å²) in [5.74, 6) is 1.62. The molecule has 6 nitrogen and oxygen atoms in total. The third-order valence-corrected chi connectivity index (χ3v) is 5.51. The fourth-order valence-electron chi connectivity index (χ4n) is 3.13. The Morgan fingerprint density at radius 2 is 2.19 bits per heavy atom. The van der Waals surface area contributed by atoms with Gasteiger partial charge >= 0.3 is 0 Å². The lowest BCUT2D eigenvalue weighted by molar-refractivity contribution is 0.249. The smallest absolute Gasteiger partial charge is 0.191 e. The minimum absolute atomic E-state index is 0. The van der Waals surface area contributed by atoms with Crippen molar-refractivity contribution in [3.8, 4) is 0 Å². The molecule has 2 aromatic rings. The van der Waals surface area contributed by atoms with Crippen molar-refractivity contribution in [2.45, 2.75) is 38.8 Å². The summed E-state index contributed by atoms with van der Waals surface area (Å²) < 4.78 is 5.31. The Bertz CT molecular complexity index is 667. The van der Waals surface area contributed by atoms with Crippen LogP contribution in [0.2, 0.25) is 0 Å². The Morgan fingerprint density at radius 3 is 2.81 bits per heavy atom. The molecule has 1 aliphatic heterocycles. The summed E-state index contributed by atoms with van der Waals surface area (Å²) in [6, 6.07) is 6.74. The molecule has 3 rings (SSSR count). The molecule has 26 heavy (non-hydrogen) atoms. The first-order chi connectivity index (χ1) is 12.3. The van der Waals surface area contributed by atoms with Gasteiger partial charge in [0.1, 0.15) is 0 Å². The molecule has 0 aromatic carbocycles. The predicted molar refractivity (Wildman–Crippen MR) is 117 cm³/mol. The van der Waals surface area contributed by atoms with Crippen LogP contribution in [0.1, 0.15) is 42.1 Å². The van der Waals surface area contributed by atoms with Gasteiger partial charge in [-0.2, -0.15) is 0 Å². The highest BCUT2D eigenvalue weighted by molar-refractivity contribution is 14.0. The molecule has 3 heterocycles. The van der Waals surface area contributed by atoms with Gasteiger partial charge in [-0.15, -0.1) is 35.3 Å². The summed E-state index contributed by atoms with van der Waals surface area (Å²) in [6.45, 7) is 5.84. The monoisotopic (exact) mass is 489 g/mol. The lowest BCUT2D eigenvalue weighted by Crippen LogP contribution is -2.42. The van der Waals surface area contributed by atoms with Gasteiger partial charge in [-0.1, -0.05) is 18.1 Å². The van der Waals surface area contributed by atoms with E-state index in [2.05, 4.69) is 50.1 Å². The average Bonchev–Trinajstić information content (AvgIpc) is 3.40. The number of hydrogen-bond acceptors (Lipinski definition) is 5. The highest BCUT2D eigenvalue weighted by Crippen LogP contribution is 2.27. The number of nitrogens with zero attached hydrogens (tertiary/aromatic N) is 3. The minimum atomic E-state index is 0. The quantitative estimate of drug-likeness (QED) is 0.355. The van der Waals surface area contributed by atoms with Crippen molar-refractivity contribution in [1.82, 2.24) is 20.7 Å². The molecule has 144 valence electrons. The van der Waals surface area contributed by atoms with Gasteiger partial charge in [0, 0.05) is 24.5 Å². The fourth-order valence-corrected chi connectivity index (χ4v) is 4.00. The van der Waals surface area contributed by atoms with Crippen LogP contribution in [-0.4, -0.2) is 42.7 Å². The van der Waals surface area contributed by atoms with Crippen molar-refractivity contribution in [2.24, 2.45) is 4.99 Å². The molecule has 1 saturated heterocycles. The number of aromatic nitrogens is 1. The zero-order valence-corrected chi connectivity index (χ0v) is 18.5. The SMILES string of the molecule is CCc1cc(CNC(=NC)NCC(c2cccs2)N2CCCC2)on1.I. The lowest BCUT2D eigenvalue weighted by atomic mass is 10.2. The Labute approximate surface area is 176 Å². The molecular weight excluding hydrogens is 461 g/mol. The van der Waals surface area contributed by atoms with Crippen molar-refractivity contribution in [2.75, 3.05) is 26.7 Å². The zero-order chi connectivity index (χ0) is 17.5. The van der Waals surface area contributed by atoms with E-state index < -0.39 is 0 Å². The Hall–Kier alpha value is -1.13. The molecule has 1 fully saturated rings. The standard InChI is InChI=1S/C18H27N5OS.HI/c1-3-14-11-15(24-22-14)12-20-18(19-2)21-13-16(17-7-6-10-25-17)23-8-4-5-9-23;/h6-7,10-11,16H,3-5,8-9,12-13H2,1-2H3,(H2,19,20,21);1H. The highest BCUT2D eigenvalue weighted by Gasteiger charge is 2.24. The second kappa shape index (κ2) is 10.9. The van der Waals surface area contributed by atoms with E-state index in [1.807, 2.05) is 17.4 Å². The van der Waals surface area contributed by atoms with Gasteiger partial charge in [-0.05, 0) is 43.8 Å². The molecule has 1 aliphatic rings. The topological polar surface area (TPSA) is 65.7 Å². The van der Waals surface area contributed by atoms with Gasteiger partial charge in [-0.3, -0.25) is 9.89 Å². The Kier molecular flexibility index (Phi) is 8.86. The maximum Gasteiger partial charge on any atom is 0.191 e. The predicted octanol–water partition coefficient (Wildman–Crippen LogP) is 3.42. The highest BCUT2D eigenvalue weighted by atomic mass is 127. The van der Waals surface area contributed by atoms with Crippen molar-refractivity contribution in [3.05, 3.63) is 39.9 Å². The Morgan fingerprint density at radius 1 is 1.38 bits per heavy atom. The fraction of sp³-hybridized carbons (Fsp3) is 0.556. The van der Waals surface area contributed by atoms with Crippen molar-refractivity contribution < 1.29 is 4.52 Å². The Balaban J connectivity index is 0.00000243. The number of guanidine groups is 1. The molecule has 0 spiro atoms. The minimum Gasteiger partial charge on any atom is -0.359 e. The first-order valence-corrected chi connectivity index (χ1v) is 9.84. The molecule has 1 atom stereocenters. The molecule has 8 heteroatoms. The normalized spacial score (nSPS) is 16.3. The van der Waals surface area contributed by atoms with Crippen LogP contribution in [-0.2, 0) is 13.0 Å². The van der Waals surface area contributed by atoms with E-state index in [0.29, 0.717) is 12.6 Å². The number of likely N-dealkylation sites (tertiary alicyclic amines) is 1.